The SMILES string of the molecule is CC1CCNC(/C=C/c2cc(Br)cs2)C1. The van der Waals surface area contributed by atoms with Crippen LogP contribution in [0.25, 0.3) is 6.08 Å². The molecule has 0 saturated carbocycles. The Kier molecular flexibility index (Phi) is 4.00. The summed E-state index contributed by atoms with van der Waals surface area (Å²) < 4.78 is 1.18. The van der Waals surface area contributed by atoms with Gasteiger partial charge in [0, 0.05) is 20.8 Å². The van der Waals surface area contributed by atoms with Gasteiger partial charge in [-0.1, -0.05) is 13.0 Å². The van der Waals surface area contributed by atoms with Crippen LogP contribution in [0.15, 0.2) is 22.0 Å². The van der Waals surface area contributed by atoms with E-state index in [0.29, 0.717) is 6.04 Å². The minimum Gasteiger partial charge on any atom is -0.310 e. The second kappa shape index (κ2) is 5.28. The highest BCUT2D eigenvalue weighted by Crippen LogP contribution is 2.22. The van der Waals surface area contributed by atoms with Crippen LogP contribution >= 0.6 is 27.3 Å². The molecule has 3 heteroatoms. The van der Waals surface area contributed by atoms with Gasteiger partial charge in [-0.05, 0) is 53.4 Å². The summed E-state index contributed by atoms with van der Waals surface area (Å²) in [6.07, 6.45) is 7.11. The molecule has 82 valence electrons. The van der Waals surface area contributed by atoms with E-state index in [-0.39, 0.29) is 0 Å². The van der Waals surface area contributed by atoms with E-state index in [2.05, 4.69) is 51.8 Å². The van der Waals surface area contributed by atoms with Crippen molar-refractivity contribution in [2.24, 2.45) is 5.92 Å². The maximum Gasteiger partial charge on any atom is 0.0288 e. The van der Waals surface area contributed by atoms with Crippen molar-refractivity contribution in [1.29, 1.82) is 0 Å². The van der Waals surface area contributed by atoms with Gasteiger partial charge in [-0.15, -0.1) is 11.3 Å². The molecule has 0 spiro atoms. The minimum atomic E-state index is 0.564. The Hall–Kier alpha value is -0.120. The third-order valence-corrected chi connectivity index (χ3v) is 4.44. The summed E-state index contributed by atoms with van der Waals surface area (Å²) in [6, 6.07) is 2.72. The van der Waals surface area contributed by atoms with Crippen LogP contribution in [0.2, 0.25) is 0 Å². The topological polar surface area (TPSA) is 12.0 Å². The van der Waals surface area contributed by atoms with Crippen molar-refractivity contribution in [1.82, 2.24) is 5.32 Å². The summed E-state index contributed by atoms with van der Waals surface area (Å²) in [6.45, 7) is 3.49. The molecule has 0 amide bonds. The van der Waals surface area contributed by atoms with Crippen molar-refractivity contribution in [3.63, 3.8) is 0 Å². The molecular formula is C12H16BrNS. The lowest BCUT2D eigenvalue weighted by Crippen LogP contribution is -2.35. The van der Waals surface area contributed by atoms with Crippen LogP contribution in [0.5, 0.6) is 0 Å². The number of piperidine rings is 1. The highest BCUT2D eigenvalue weighted by molar-refractivity contribution is 9.10. The monoisotopic (exact) mass is 285 g/mol. The minimum absolute atomic E-state index is 0.564. The number of hydrogen-bond donors (Lipinski definition) is 1. The molecule has 1 fully saturated rings. The fourth-order valence-corrected chi connectivity index (χ4v) is 3.27. The first-order valence-electron chi connectivity index (χ1n) is 5.39. The molecule has 1 aliphatic rings. The summed E-state index contributed by atoms with van der Waals surface area (Å²) in [7, 11) is 0. The smallest absolute Gasteiger partial charge is 0.0288 e. The highest BCUT2D eigenvalue weighted by Gasteiger charge is 2.15. The lowest BCUT2D eigenvalue weighted by atomic mass is 9.94. The van der Waals surface area contributed by atoms with Crippen LogP contribution < -0.4 is 5.32 Å². The zero-order chi connectivity index (χ0) is 10.7. The first kappa shape index (κ1) is 11.4. The molecule has 15 heavy (non-hydrogen) atoms. The van der Waals surface area contributed by atoms with E-state index in [1.54, 1.807) is 11.3 Å². The quantitative estimate of drug-likeness (QED) is 0.869. The standard InChI is InChI=1S/C12H16BrNS/c1-9-4-5-14-11(6-9)2-3-12-7-10(13)8-15-12/h2-3,7-9,11,14H,4-6H2,1H3/b3-2+. The third-order valence-electron chi connectivity index (χ3n) is 2.78. The Labute approximate surface area is 104 Å². The fourth-order valence-electron chi connectivity index (χ4n) is 1.92. The van der Waals surface area contributed by atoms with E-state index >= 15 is 0 Å². The summed E-state index contributed by atoms with van der Waals surface area (Å²) in [5, 5.41) is 5.65. The molecule has 0 aromatic carbocycles. The van der Waals surface area contributed by atoms with Gasteiger partial charge in [0.1, 0.15) is 0 Å². The van der Waals surface area contributed by atoms with Gasteiger partial charge in [0.15, 0.2) is 0 Å². The lowest BCUT2D eigenvalue weighted by molar-refractivity contribution is 0.357. The van der Waals surface area contributed by atoms with Gasteiger partial charge >= 0.3 is 0 Å². The van der Waals surface area contributed by atoms with E-state index in [0.717, 1.165) is 12.5 Å². The lowest BCUT2D eigenvalue weighted by Gasteiger charge is -2.25. The van der Waals surface area contributed by atoms with E-state index in [4.69, 9.17) is 0 Å². The number of rotatable bonds is 2. The summed E-state index contributed by atoms with van der Waals surface area (Å²) >= 11 is 5.25. The largest absolute Gasteiger partial charge is 0.310 e. The normalized spacial score (nSPS) is 27.3. The van der Waals surface area contributed by atoms with E-state index in [1.165, 1.54) is 22.2 Å². The molecular weight excluding hydrogens is 270 g/mol. The highest BCUT2D eigenvalue weighted by atomic mass is 79.9. The Bertz CT molecular complexity index is 345. The molecule has 2 unspecified atom stereocenters. The van der Waals surface area contributed by atoms with E-state index < -0.39 is 0 Å². The Morgan fingerprint density at radius 2 is 2.47 bits per heavy atom. The summed E-state index contributed by atoms with van der Waals surface area (Å²) in [5.74, 6) is 0.857. The Morgan fingerprint density at radius 3 is 3.13 bits per heavy atom. The molecule has 2 rings (SSSR count). The molecule has 1 aromatic rings. The number of thiophene rings is 1. The predicted molar refractivity (Wildman–Crippen MR) is 71.2 cm³/mol. The molecule has 1 nitrogen and oxygen atoms in total. The molecule has 0 aliphatic carbocycles. The molecule has 0 radical (unpaired) electrons. The van der Waals surface area contributed by atoms with Gasteiger partial charge in [0.2, 0.25) is 0 Å². The van der Waals surface area contributed by atoms with Crippen LogP contribution in [0, 0.1) is 5.92 Å². The Morgan fingerprint density at radius 1 is 1.60 bits per heavy atom. The number of halogens is 1. The van der Waals surface area contributed by atoms with Crippen molar-refractivity contribution < 1.29 is 0 Å². The predicted octanol–water partition coefficient (Wildman–Crippen LogP) is 3.91. The number of hydrogen-bond acceptors (Lipinski definition) is 2. The van der Waals surface area contributed by atoms with Gasteiger partial charge in [0.25, 0.3) is 0 Å². The first-order chi connectivity index (χ1) is 7.24. The molecule has 0 bridgehead atoms. The first-order valence-corrected chi connectivity index (χ1v) is 7.07. The second-order valence-corrected chi connectivity index (χ2v) is 6.08. The van der Waals surface area contributed by atoms with E-state index in [1.807, 2.05) is 0 Å². The van der Waals surface area contributed by atoms with Crippen LogP contribution in [0.3, 0.4) is 0 Å². The molecule has 1 aromatic heterocycles. The molecule has 1 aliphatic heterocycles. The van der Waals surface area contributed by atoms with Gasteiger partial charge in [0.05, 0.1) is 0 Å². The zero-order valence-corrected chi connectivity index (χ0v) is 11.3. The molecule has 2 atom stereocenters. The van der Waals surface area contributed by atoms with Gasteiger partial charge in [-0.25, -0.2) is 0 Å². The summed E-state index contributed by atoms with van der Waals surface area (Å²) in [5.41, 5.74) is 0. The van der Waals surface area contributed by atoms with Gasteiger partial charge in [-0.2, -0.15) is 0 Å². The summed E-state index contributed by atoms with van der Waals surface area (Å²) in [4.78, 5) is 1.32. The van der Waals surface area contributed by atoms with Crippen LogP contribution in [-0.4, -0.2) is 12.6 Å². The molecule has 1 saturated heterocycles. The van der Waals surface area contributed by atoms with Crippen LogP contribution in [-0.2, 0) is 0 Å². The maximum atomic E-state index is 3.53. The average Bonchev–Trinajstić information content (AvgIpc) is 2.62. The fraction of sp³-hybridized carbons (Fsp3) is 0.500. The molecule has 2 heterocycles. The Balaban J connectivity index is 1.93. The van der Waals surface area contributed by atoms with Crippen molar-refractivity contribution in [2.75, 3.05) is 6.54 Å². The maximum absolute atomic E-state index is 3.53. The van der Waals surface area contributed by atoms with Crippen molar-refractivity contribution >= 4 is 33.3 Å². The third kappa shape index (κ3) is 3.44. The zero-order valence-electron chi connectivity index (χ0n) is 8.87. The van der Waals surface area contributed by atoms with Crippen molar-refractivity contribution in [3.05, 3.63) is 26.9 Å². The molecule has 1 N–H and O–H groups in total. The second-order valence-electron chi connectivity index (χ2n) is 4.22. The van der Waals surface area contributed by atoms with Crippen molar-refractivity contribution in [2.45, 2.75) is 25.8 Å². The van der Waals surface area contributed by atoms with Gasteiger partial charge < -0.3 is 5.32 Å². The number of nitrogens with one attached hydrogen (secondary N) is 1. The van der Waals surface area contributed by atoms with Crippen molar-refractivity contribution in [3.8, 4) is 0 Å². The van der Waals surface area contributed by atoms with E-state index in [9.17, 15) is 0 Å². The van der Waals surface area contributed by atoms with Crippen LogP contribution in [0.1, 0.15) is 24.6 Å². The van der Waals surface area contributed by atoms with Gasteiger partial charge in [-0.3, -0.25) is 0 Å². The van der Waals surface area contributed by atoms with Crippen LogP contribution in [0.4, 0.5) is 0 Å². The average molecular weight is 286 g/mol.